The van der Waals surface area contributed by atoms with Crippen molar-refractivity contribution in [2.24, 2.45) is 0 Å². The number of aromatic carboxylic acids is 1. The summed E-state index contributed by atoms with van der Waals surface area (Å²) in [5, 5.41) is 9.23. The van der Waals surface area contributed by atoms with Crippen LogP contribution in [0.25, 0.3) is 11.1 Å². The highest BCUT2D eigenvalue weighted by molar-refractivity contribution is 5.96. The van der Waals surface area contributed by atoms with Gasteiger partial charge in [0, 0.05) is 0 Å². The largest absolute Gasteiger partial charge is 0.497 e. The van der Waals surface area contributed by atoms with Gasteiger partial charge in [-0.3, -0.25) is 0 Å². The van der Waals surface area contributed by atoms with Crippen LogP contribution in [0.5, 0.6) is 5.75 Å². The molecule has 0 fully saturated rings. The van der Waals surface area contributed by atoms with E-state index < -0.39 is 5.97 Å². The third kappa shape index (κ3) is 2.35. The van der Waals surface area contributed by atoms with Gasteiger partial charge in [0.25, 0.3) is 0 Å². The number of benzene rings is 2. The number of carboxylic acids is 1. The molecule has 0 bridgehead atoms. The van der Waals surface area contributed by atoms with Crippen LogP contribution in [-0.4, -0.2) is 18.2 Å². The van der Waals surface area contributed by atoms with E-state index in [9.17, 15) is 9.90 Å². The van der Waals surface area contributed by atoms with Gasteiger partial charge in [0.15, 0.2) is 0 Å². The van der Waals surface area contributed by atoms with Gasteiger partial charge < -0.3 is 9.84 Å². The van der Waals surface area contributed by atoms with Gasteiger partial charge in [-0.15, -0.1) is 0 Å². The monoisotopic (exact) mass is 242 g/mol. The molecule has 2 aromatic rings. The molecular formula is C15H14O3. The lowest BCUT2D eigenvalue weighted by Gasteiger charge is -2.08. The summed E-state index contributed by atoms with van der Waals surface area (Å²) >= 11 is 0. The average molecular weight is 242 g/mol. The van der Waals surface area contributed by atoms with Gasteiger partial charge in [-0.05, 0) is 36.2 Å². The Kier molecular flexibility index (Phi) is 3.33. The van der Waals surface area contributed by atoms with Crippen LogP contribution in [-0.2, 0) is 0 Å². The topological polar surface area (TPSA) is 46.5 Å². The molecule has 0 aliphatic rings. The number of hydrogen-bond acceptors (Lipinski definition) is 2. The normalized spacial score (nSPS) is 10.1. The van der Waals surface area contributed by atoms with E-state index in [-0.39, 0.29) is 0 Å². The fourth-order valence-electron chi connectivity index (χ4n) is 1.86. The number of ether oxygens (including phenoxy) is 1. The van der Waals surface area contributed by atoms with Gasteiger partial charge in [0.2, 0.25) is 0 Å². The molecule has 0 aliphatic heterocycles. The predicted octanol–water partition coefficient (Wildman–Crippen LogP) is 3.37. The highest BCUT2D eigenvalue weighted by Crippen LogP contribution is 2.26. The summed E-state index contributed by atoms with van der Waals surface area (Å²) in [5.74, 6) is -0.160. The average Bonchev–Trinajstić information content (AvgIpc) is 2.39. The molecule has 0 aliphatic carbocycles. The first-order valence-corrected chi connectivity index (χ1v) is 5.60. The second kappa shape index (κ2) is 4.92. The SMILES string of the molecule is COc1ccc(-c2ccc(C)cc2C(=O)O)cc1. The van der Waals surface area contributed by atoms with Gasteiger partial charge in [-0.1, -0.05) is 29.8 Å². The molecule has 0 amide bonds. The Morgan fingerprint density at radius 1 is 1.11 bits per heavy atom. The van der Waals surface area contributed by atoms with Crippen molar-refractivity contribution in [3.05, 3.63) is 53.6 Å². The van der Waals surface area contributed by atoms with Crippen LogP contribution in [0.3, 0.4) is 0 Å². The van der Waals surface area contributed by atoms with Crippen molar-refractivity contribution >= 4 is 5.97 Å². The van der Waals surface area contributed by atoms with Crippen LogP contribution in [0.15, 0.2) is 42.5 Å². The fraction of sp³-hybridized carbons (Fsp3) is 0.133. The van der Waals surface area contributed by atoms with E-state index in [1.54, 1.807) is 13.2 Å². The van der Waals surface area contributed by atoms with Crippen molar-refractivity contribution in [1.82, 2.24) is 0 Å². The molecule has 0 spiro atoms. The number of carboxylic acid groups (broad SMARTS) is 1. The van der Waals surface area contributed by atoms with Crippen LogP contribution in [0.1, 0.15) is 15.9 Å². The molecule has 0 aromatic heterocycles. The smallest absolute Gasteiger partial charge is 0.336 e. The molecule has 1 N–H and O–H groups in total. The summed E-state index contributed by atoms with van der Waals surface area (Å²) in [4.78, 5) is 11.2. The van der Waals surface area contributed by atoms with E-state index in [0.29, 0.717) is 5.56 Å². The molecule has 3 nitrogen and oxygen atoms in total. The number of aryl methyl sites for hydroxylation is 1. The van der Waals surface area contributed by atoms with Crippen molar-refractivity contribution in [3.8, 4) is 16.9 Å². The lowest BCUT2D eigenvalue weighted by Crippen LogP contribution is -2.00. The van der Waals surface area contributed by atoms with Crippen molar-refractivity contribution in [1.29, 1.82) is 0 Å². The van der Waals surface area contributed by atoms with Crippen molar-refractivity contribution < 1.29 is 14.6 Å². The van der Waals surface area contributed by atoms with E-state index in [4.69, 9.17) is 4.74 Å². The van der Waals surface area contributed by atoms with Gasteiger partial charge in [-0.2, -0.15) is 0 Å². The third-order valence-corrected chi connectivity index (χ3v) is 2.81. The highest BCUT2D eigenvalue weighted by atomic mass is 16.5. The Hall–Kier alpha value is -2.29. The van der Waals surface area contributed by atoms with Crippen molar-refractivity contribution in [2.75, 3.05) is 7.11 Å². The molecule has 0 saturated carbocycles. The molecule has 0 saturated heterocycles. The van der Waals surface area contributed by atoms with Gasteiger partial charge >= 0.3 is 5.97 Å². The summed E-state index contributed by atoms with van der Waals surface area (Å²) in [7, 11) is 1.60. The fourth-order valence-corrected chi connectivity index (χ4v) is 1.86. The molecule has 2 rings (SSSR count). The zero-order chi connectivity index (χ0) is 13.1. The quantitative estimate of drug-likeness (QED) is 0.897. The minimum absolute atomic E-state index is 0.320. The number of hydrogen-bond donors (Lipinski definition) is 1. The van der Waals surface area contributed by atoms with Gasteiger partial charge in [-0.25, -0.2) is 4.79 Å². The van der Waals surface area contributed by atoms with E-state index in [1.807, 2.05) is 43.3 Å². The standard InChI is InChI=1S/C15H14O3/c1-10-3-8-13(14(9-10)15(16)17)11-4-6-12(18-2)7-5-11/h3-9H,1-2H3,(H,16,17). The number of rotatable bonds is 3. The molecule has 92 valence electrons. The Morgan fingerprint density at radius 2 is 1.78 bits per heavy atom. The zero-order valence-electron chi connectivity index (χ0n) is 10.3. The first kappa shape index (κ1) is 12.2. The lowest BCUT2D eigenvalue weighted by molar-refractivity contribution is 0.0697. The maximum Gasteiger partial charge on any atom is 0.336 e. The maximum atomic E-state index is 11.2. The second-order valence-electron chi connectivity index (χ2n) is 4.08. The van der Waals surface area contributed by atoms with Crippen molar-refractivity contribution in [3.63, 3.8) is 0 Å². The molecule has 3 heteroatoms. The van der Waals surface area contributed by atoms with Gasteiger partial charge in [0.05, 0.1) is 12.7 Å². The summed E-state index contributed by atoms with van der Waals surface area (Å²) < 4.78 is 5.09. The van der Waals surface area contributed by atoms with E-state index in [2.05, 4.69) is 0 Å². The summed E-state index contributed by atoms with van der Waals surface area (Å²) in [6.45, 7) is 1.88. The maximum absolute atomic E-state index is 11.2. The zero-order valence-corrected chi connectivity index (χ0v) is 10.3. The summed E-state index contributed by atoms with van der Waals surface area (Å²) in [6, 6.07) is 12.8. The summed E-state index contributed by atoms with van der Waals surface area (Å²) in [5.41, 5.74) is 2.84. The summed E-state index contributed by atoms with van der Waals surface area (Å²) in [6.07, 6.45) is 0. The minimum atomic E-state index is -0.912. The molecule has 18 heavy (non-hydrogen) atoms. The minimum Gasteiger partial charge on any atom is -0.497 e. The Balaban J connectivity index is 2.52. The molecular weight excluding hydrogens is 228 g/mol. The van der Waals surface area contributed by atoms with E-state index >= 15 is 0 Å². The van der Waals surface area contributed by atoms with Crippen LogP contribution in [0.4, 0.5) is 0 Å². The third-order valence-electron chi connectivity index (χ3n) is 2.81. The Bertz CT molecular complexity index is 571. The van der Waals surface area contributed by atoms with Crippen LogP contribution in [0.2, 0.25) is 0 Å². The first-order valence-electron chi connectivity index (χ1n) is 5.60. The molecule has 0 unspecified atom stereocenters. The van der Waals surface area contributed by atoms with E-state index in [1.165, 1.54) is 0 Å². The van der Waals surface area contributed by atoms with Gasteiger partial charge in [0.1, 0.15) is 5.75 Å². The first-order chi connectivity index (χ1) is 8.61. The Morgan fingerprint density at radius 3 is 2.33 bits per heavy atom. The predicted molar refractivity (Wildman–Crippen MR) is 70.1 cm³/mol. The van der Waals surface area contributed by atoms with E-state index in [0.717, 1.165) is 22.4 Å². The molecule has 0 atom stereocenters. The van der Waals surface area contributed by atoms with Crippen LogP contribution in [0, 0.1) is 6.92 Å². The molecule has 0 heterocycles. The van der Waals surface area contributed by atoms with Crippen LogP contribution >= 0.6 is 0 Å². The van der Waals surface area contributed by atoms with Crippen molar-refractivity contribution in [2.45, 2.75) is 6.92 Å². The molecule has 2 aromatic carbocycles. The second-order valence-corrected chi connectivity index (χ2v) is 4.08. The number of methoxy groups -OCH3 is 1. The highest BCUT2D eigenvalue weighted by Gasteiger charge is 2.11. The molecule has 0 radical (unpaired) electrons. The number of carbonyl (C=O) groups is 1. The lowest BCUT2D eigenvalue weighted by atomic mass is 9.98. The van der Waals surface area contributed by atoms with Crippen LogP contribution < -0.4 is 4.74 Å². The Labute approximate surface area is 106 Å².